The van der Waals surface area contributed by atoms with E-state index in [4.69, 9.17) is 11.6 Å². The number of nitrogens with zero attached hydrogens (tertiary/aromatic N) is 2. The van der Waals surface area contributed by atoms with E-state index < -0.39 is 6.09 Å². The Morgan fingerprint density at radius 3 is 2.81 bits per heavy atom. The minimum atomic E-state index is -0.563. The van der Waals surface area contributed by atoms with E-state index in [9.17, 15) is 9.90 Å². The SMILES string of the molecule is COC(=O)Nc1cccc(Cl)c1CNc1cccn2c(CO)c(C)nc12. The number of rotatable bonds is 5. The van der Waals surface area contributed by atoms with Crippen LogP contribution in [0.3, 0.4) is 0 Å². The van der Waals surface area contributed by atoms with Gasteiger partial charge in [-0.05, 0) is 31.2 Å². The molecule has 1 aromatic carbocycles. The zero-order valence-electron chi connectivity index (χ0n) is 14.4. The predicted molar refractivity (Wildman–Crippen MR) is 101 cm³/mol. The lowest BCUT2D eigenvalue weighted by Gasteiger charge is -2.14. The molecule has 8 heteroatoms. The fourth-order valence-corrected chi connectivity index (χ4v) is 3.00. The molecule has 0 aliphatic heterocycles. The van der Waals surface area contributed by atoms with Gasteiger partial charge in [-0.3, -0.25) is 9.72 Å². The van der Waals surface area contributed by atoms with E-state index >= 15 is 0 Å². The van der Waals surface area contributed by atoms with Crippen LogP contribution >= 0.6 is 11.6 Å². The summed E-state index contributed by atoms with van der Waals surface area (Å²) in [6.07, 6.45) is 1.29. The minimum Gasteiger partial charge on any atom is -0.453 e. The Labute approximate surface area is 155 Å². The fourth-order valence-electron chi connectivity index (χ4n) is 2.76. The highest BCUT2D eigenvalue weighted by Gasteiger charge is 2.13. The number of amides is 1. The monoisotopic (exact) mass is 374 g/mol. The number of carbonyl (C=O) groups is 1. The quantitative estimate of drug-likeness (QED) is 0.635. The van der Waals surface area contributed by atoms with Gasteiger partial charge in [0.05, 0.1) is 36.5 Å². The molecule has 3 rings (SSSR count). The summed E-state index contributed by atoms with van der Waals surface area (Å²) in [6.45, 7) is 2.14. The largest absolute Gasteiger partial charge is 0.453 e. The normalized spacial score (nSPS) is 10.8. The van der Waals surface area contributed by atoms with Gasteiger partial charge in [0.15, 0.2) is 5.65 Å². The summed E-state index contributed by atoms with van der Waals surface area (Å²) in [4.78, 5) is 16.1. The number of halogens is 1. The molecule has 1 amide bonds. The third-order valence-electron chi connectivity index (χ3n) is 4.10. The van der Waals surface area contributed by atoms with Crippen LogP contribution in [0.2, 0.25) is 5.02 Å². The number of aryl methyl sites for hydroxylation is 1. The first-order chi connectivity index (χ1) is 12.5. The lowest BCUT2D eigenvalue weighted by Crippen LogP contribution is -2.14. The van der Waals surface area contributed by atoms with Crippen LogP contribution in [-0.4, -0.2) is 27.7 Å². The average molecular weight is 375 g/mol. The lowest BCUT2D eigenvalue weighted by molar-refractivity contribution is 0.187. The van der Waals surface area contributed by atoms with Gasteiger partial charge in [0.2, 0.25) is 0 Å². The Morgan fingerprint density at radius 2 is 2.08 bits per heavy atom. The number of imidazole rings is 1. The minimum absolute atomic E-state index is 0.0891. The topological polar surface area (TPSA) is 87.9 Å². The number of ether oxygens (including phenoxy) is 1. The van der Waals surface area contributed by atoms with E-state index in [1.165, 1.54) is 7.11 Å². The third kappa shape index (κ3) is 3.44. The van der Waals surface area contributed by atoms with Crippen molar-refractivity contribution in [2.24, 2.45) is 0 Å². The van der Waals surface area contributed by atoms with Crippen molar-refractivity contribution in [3.05, 3.63) is 58.5 Å². The first-order valence-electron chi connectivity index (χ1n) is 7.98. The molecule has 0 spiro atoms. The van der Waals surface area contributed by atoms with E-state index in [2.05, 4.69) is 20.4 Å². The second-order valence-electron chi connectivity index (χ2n) is 5.65. The van der Waals surface area contributed by atoms with Gasteiger partial charge in [-0.15, -0.1) is 0 Å². The maximum atomic E-state index is 11.5. The molecule has 3 aromatic rings. The van der Waals surface area contributed by atoms with Crippen molar-refractivity contribution in [1.82, 2.24) is 9.38 Å². The summed E-state index contributed by atoms with van der Waals surface area (Å²) in [5.41, 5.74) is 4.32. The Kier molecular flexibility index (Phi) is 5.29. The number of aliphatic hydroxyl groups is 1. The molecular formula is C18H19ClN4O3. The number of benzene rings is 1. The first kappa shape index (κ1) is 18.0. The van der Waals surface area contributed by atoms with Crippen molar-refractivity contribution >= 4 is 34.7 Å². The van der Waals surface area contributed by atoms with Gasteiger partial charge in [0.25, 0.3) is 0 Å². The molecule has 136 valence electrons. The van der Waals surface area contributed by atoms with Crippen LogP contribution in [0.5, 0.6) is 0 Å². The molecule has 7 nitrogen and oxygen atoms in total. The Bertz CT molecular complexity index is 955. The number of pyridine rings is 1. The zero-order chi connectivity index (χ0) is 18.7. The van der Waals surface area contributed by atoms with E-state index in [0.717, 1.165) is 22.6 Å². The summed E-state index contributed by atoms with van der Waals surface area (Å²) < 4.78 is 6.49. The summed E-state index contributed by atoms with van der Waals surface area (Å²) >= 11 is 6.31. The van der Waals surface area contributed by atoms with Gasteiger partial charge in [-0.25, -0.2) is 9.78 Å². The number of methoxy groups -OCH3 is 1. The molecule has 0 radical (unpaired) electrons. The number of anilines is 2. The number of nitrogens with one attached hydrogen (secondary N) is 2. The van der Waals surface area contributed by atoms with Crippen molar-refractivity contribution in [2.45, 2.75) is 20.1 Å². The second kappa shape index (κ2) is 7.63. The first-order valence-corrected chi connectivity index (χ1v) is 8.36. The predicted octanol–water partition coefficient (Wildman–Crippen LogP) is 3.58. The Balaban J connectivity index is 1.90. The van der Waals surface area contributed by atoms with Gasteiger partial charge < -0.3 is 15.2 Å². The number of fused-ring (bicyclic) bond motifs is 1. The summed E-state index contributed by atoms with van der Waals surface area (Å²) in [5, 5.41) is 16.0. The molecule has 2 aromatic heterocycles. The van der Waals surface area contributed by atoms with Crippen LogP contribution in [-0.2, 0) is 17.9 Å². The van der Waals surface area contributed by atoms with Gasteiger partial charge in [0, 0.05) is 23.3 Å². The van der Waals surface area contributed by atoms with Crippen LogP contribution < -0.4 is 10.6 Å². The van der Waals surface area contributed by atoms with Crippen LogP contribution in [0.1, 0.15) is 17.0 Å². The maximum Gasteiger partial charge on any atom is 0.411 e. The smallest absolute Gasteiger partial charge is 0.411 e. The molecule has 3 N–H and O–H groups in total. The highest BCUT2D eigenvalue weighted by molar-refractivity contribution is 6.31. The molecule has 0 bridgehead atoms. The van der Waals surface area contributed by atoms with Crippen LogP contribution in [0.4, 0.5) is 16.2 Å². The molecule has 0 atom stereocenters. The molecule has 26 heavy (non-hydrogen) atoms. The van der Waals surface area contributed by atoms with Gasteiger partial charge in [0.1, 0.15) is 0 Å². The standard InChI is InChI=1S/C18H19ClN4O3/c1-11-16(10-24)23-8-4-7-15(17(23)21-11)20-9-12-13(19)5-3-6-14(12)22-18(25)26-2/h3-8,20,24H,9-10H2,1-2H3,(H,22,25). The number of hydrogen-bond acceptors (Lipinski definition) is 5. The van der Waals surface area contributed by atoms with Gasteiger partial charge in [-0.2, -0.15) is 0 Å². The van der Waals surface area contributed by atoms with E-state index in [-0.39, 0.29) is 6.61 Å². The summed E-state index contributed by atoms with van der Waals surface area (Å²) in [7, 11) is 1.30. The third-order valence-corrected chi connectivity index (χ3v) is 4.45. The van der Waals surface area contributed by atoms with Crippen molar-refractivity contribution in [1.29, 1.82) is 0 Å². The Hall–Kier alpha value is -2.77. The maximum absolute atomic E-state index is 11.5. The number of aliphatic hydroxyl groups excluding tert-OH is 1. The van der Waals surface area contributed by atoms with Crippen molar-refractivity contribution in [2.75, 3.05) is 17.7 Å². The van der Waals surface area contributed by atoms with Crippen molar-refractivity contribution in [3.8, 4) is 0 Å². The van der Waals surface area contributed by atoms with Gasteiger partial charge in [-0.1, -0.05) is 17.7 Å². The molecule has 0 saturated heterocycles. The fraction of sp³-hybridized carbons (Fsp3) is 0.222. The summed E-state index contributed by atoms with van der Waals surface area (Å²) in [5.74, 6) is 0. The van der Waals surface area contributed by atoms with Crippen molar-refractivity contribution < 1.29 is 14.6 Å². The highest BCUT2D eigenvalue weighted by Crippen LogP contribution is 2.27. The van der Waals surface area contributed by atoms with Crippen LogP contribution in [0.15, 0.2) is 36.5 Å². The molecule has 0 fully saturated rings. The average Bonchev–Trinajstić information content (AvgIpc) is 2.96. The highest BCUT2D eigenvalue weighted by atomic mass is 35.5. The van der Waals surface area contributed by atoms with Crippen molar-refractivity contribution in [3.63, 3.8) is 0 Å². The molecular weight excluding hydrogens is 356 g/mol. The van der Waals surface area contributed by atoms with Crippen LogP contribution in [0.25, 0.3) is 5.65 Å². The molecule has 0 aliphatic rings. The number of carbonyl (C=O) groups excluding carboxylic acids is 1. The zero-order valence-corrected chi connectivity index (χ0v) is 15.2. The van der Waals surface area contributed by atoms with E-state index in [1.54, 1.807) is 18.2 Å². The van der Waals surface area contributed by atoms with E-state index in [1.807, 2.05) is 29.7 Å². The number of hydrogen-bond donors (Lipinski definition) is 3. The van der Waals surface area contributed by atoms with E-state index in [0.29, 0.717) is 22.9 Å². The second-order valence-corrected chi connectivity index (χ2v) is 6.06. The Morgan fingerprint density at radius 1 is 1.31 bits per heavy atom. The van der Waals surface area contributed by atoms with Gasteiger partial charge >= 0.3 is 6.09 Å². The molecule has 0 saturated carbocycles. The number of aromatic nitrogens is 2. The lowest BCUT2D eigenvalue weighted by atomic mass is 10.1. The summed E-state index contributed by atoms with van der Waals surface area (Å²) in [6, 6.07) is 9.03. The van der Waals surface area contributed by atoms with Crippen LogP contribution in [0, 0.1) is 6.92 Å². The molecule has 0 unspecified atom stereocenters. The molecule has 2 heterocycles. The molecule has 0 aliphatic carbocycles.